The van der Waals surface area contributed by atoms with Gasteiger partial charge in [0.05, 0.1) is 12.6 Å². The number of ketones is 1. The van der Waals surface area contributed by atoms with Gasteiger partial charge in [-0.05, 0) is 53.8 Å². The van der Waals surface area contributed by atoms with Crippen LogP contribution in [0.2, 0.25) is 0 Å². The number of aromatic nitrogens is 1. The van der Waals surface area contributed by atoms with Crippen LogP contribution in [0.3, 0.4) is 0 Å². The zero-order valence-electron chi connectivity index (χ0n) is 21.3. The molecule has 3 unspecified atom stereocenters. The summed E-state index contributed by atoms with van der Waals surface area (Å²) < 4.78 is 27.7. The molecule has 38 heavy (non-hydrogen) atoms. The standard InChI is InChI=1S/C28H30N4O5S/c1-18(2)14-23(30-27(34)21-10-9-19-6-3-4-7-20(19)15-21)28(35)31-13-11-24-26(31)25(33)17-32(24)38(36,37)22-8-5-12-29-16-22/h3-10,12,15-16,18,23-24,26H,11,13-14,17H2,1-2H3,(H,30,34). The maximum absolute atomic E-state index is 13.8. The average Bonchev–Trinajstić information content (AvgIpc) is 3.49. The van der Waals surface area contributed by atoms with Crippen LogP contribution in [0.4, 0.5) is 0 Å². The van der Waals surface area contributed by atoms with Gasteiger partial charge in [-0.2, -0.15) is 4.31 Å². The van der Waals surface area contributed by atoms with Gasteiger partial charge in [0.2, 0.25) is 15.9 Å². The molecule has 0 aliphatic carbocycles. The number of hydrogen-bond donors (Lipinski definition) is 1. The predicted octanol–water partition coefficient (Wildman–Crippen LogP) is 2.62. The van der Waals surface area contributed by atoms with Crippen LogP contribution < -0.4 is 5.32 Å². The molecule has 0 bridgehead atoms. The zero-order valence-corrected chi connectivity index (χ0v) is 22.1. The predicted molar refractivity (Wildman–Crippen MR) is 142 cm³/mol. The molecule has 2 aromatic carbocycles. The molecular formula is C28H30N4O5S. The fourth-order valence-corrected chi connectivity index (χ4v) is 7.03. The molecule has 2 aliphatic rings. The molecule has 0 spiro atoms. The maximum atomic E-state index is 13.8. The summed E-state index contributed by atoms with van der Waals surface area (Å²) in [6, 6.07) is 13.7. The second-order valence-electron chi connectivity index (χ2n) is 10.3. The zero-order chi connectivity index (χ0) is 27.0. The minimum Gasteiger partial charge on any atom is -0.340 e. The molecule has 1 N–H and O–H groups in total. The fourth-order valence-electron chi connectivity index (χ4n) is 5.44. The molecular weight excluding hydrogens is 504 g/mol. The minimum atomic E-state index is -3.94. The average molecular weight is 535 g/mol. The van der Waals surface area contributed by atoms with Crippen molar-refractivity contribution in [3.8, 4) is 0 Å². The third-order valence-corrected chi connectivity index (χ3v) is 9.08. The van der Waals surface area contributed by atoms with Gasteiger partial charge >= 0.3 is 0 Å². The topological polar surface area (TPSA) is 117 Å². The van der Waals surface area contributed by atoms with E-state index in [-0.39, 0.29) is 41.5 Å². The molecule has 0 radical (unpaired) electrons. The first-order chi connectivity index (χ1) is 18.2. The summed E-state index contributed by atoms with van der Waals surface area (Å²) in [5.74, 6) is -0.961. The molecule has 3 heterocycles. The number of nitrogens with zero attached hydrogens (tertiary/aromatic N) is 3. The van der Waals surface area contributed by atoms with Crippen molar-refractivity contribution in [2.45, 2.75) is 49.7 Å². The van der Waals surface area contributed by atoms with Crippen molar-refractivity contribution in [1.82, 2.24) is 19.5 Å². The highest BCUT2D eigenvalue weighted by Crippen LogP contribution is 2.34. The van der Waals surface area contributed by atoms with Crippen LogP contribution in [0.15, 0.2) is 71.9 Å². The highest BCUT2D eigenvalue weighted by atomic mass is 32.2. The lowest BCUT2D eigenvalue weighted by Gasteiger charge is -2.29. The van der Waals surface area contributed by atoms with E-state index in [1.165, 1.54) is 33.7 Å². The number of rotatable bonds is 7. The molecule has 1 aromatic heterocycles. The van der Waals surface area contributed by atoms with Crippen LogP contribution in [0, 0.1) is 5.92 Å². The number of Topliss-reactive ketones (excluding diaryl/α,β-unsaturated/α-hetero) is 1. The molecule has 5 rings (SSSR count). The molecule has 0 saturated carbocycles. The first kappa shape index (κ1) is 26.0. The van der Waals surface area contributed by atoms with Crippen LogP contribution in [0.25, 0.3) is 10.8 Å². The largest absolute Gasteiger partial charge is 0.340 e. The molecule has 2 amide bonds. The van der Waals surface area contributed by atoms with E-state index in [1.54, 1.807) is 12.1 Å². The number of benzene rings is 2. The lowest BCUT2D eigenvalue weighted by atomic mass is 10.0. The summed E-state index contributed by atoms with van der Waals surface area (Å²) in [4.78, 5) is 45.4. The quantitative estimate of drug-likeness (QED) is 0.498. The summed E-state index contributed by atoms with van der Waals surface area (Å²) in [6.45, 7) is 3.85. The van der Waals surface area contributed by atoms with E-state index in [2.05, 4.69) is 10.3 Å². The van der Waals surface area contributed by atoms with Crippen molar-refractivity contribution < 1.29 is 22.8 Å². The minimum absolute atomic E-state index is 0.0126. The SMILES string of the molecule is CC(C)CC(NC(=O)c1ccc2ccccc2c1)C(=O)N1CCC2C1C(=O)CN2S(=O)(=O)c1cccnc1. The number of sulfonamides is 1. The Morgan fingerprint density at radius 1 is 1.08 bits per heavy atom. The second kappa shape index (κ2) is 10.3. The molecule has 3 atom stereocenters. The van der Waals surface area contributed by atoms with Gasteiger partial charge in [-0.1, -0.05) is 44.2 Å². The van der Waals surface area contributed by atoms with Gasteiger partial charge in [0, 0.05) is 24.5 Å². The van der Waals surface area contributed by atoms with Gasteiger partial charge < -0.3 is 10.2 Å². The Kier molecular flexibility index (Phi) is 7.02. The van der Waals surface area contributed by atoms with Gasteiger partial charge in [0.25, 0.3) is 5.91 Å². The molecule has 3 aromatic rings. The summed E-state index contributed by atoms with van der Waals surface area (Å²) >= 11 is 0. The summed E-state index contributed by atoms with van der Waals surface area (Å²) in [5.41, 5.74) is 0.440. The fraction of sp³-hybridized carbons (Fsp3) is 0.357. The Balaban J connectivity index is 1.36. The number of likely N-dealkylation sites (tertiary alicyclic amines) is 1. The smallest absolute Gasteiger partial charge is 0.251 e. The van der Waals surface area contributed by atoms with Gasteiger partial charge in [-0.25, -0.2) is 8.42 Å². The van der Waals surface area contributed by atoms with Crippen molar-refractivity contribution in [2.75, 3.05) is 13.1 Å². The van der Waals surface area contributed by atoms with E-state index in [0.29, 0.717) is 18.4 Å². The first-order valence-corrected chi connectivity index (χ1v) is 14.2. The number of hydrogen-bond acceptors (Lipinski definition) is 6. The van der Waals surface area contributed by atoms with Gasteiger partial charge in [0.15, 0.2) is 5.78 Å². The maximum Gasteiger partial charge on any atom is 0.251 e. The van der Waals surface area contributed by atoms with Gasteiger partial charge in [0.1, 0.15) is 17.0 Å². The number of carbonyl (C=O) groups is 3. The highest BCUT2D eigenvalue weighted by molar-refractivity contribution is 7.89. The second-order valence-corrected chi connectivity index (χ2v) is 12.1. The third kappa shape index (κ3) is 4.81. The molecule has 2 fully saturated rings. The molecule has 198 valence electrons. The Morgan fingerprint density at radius 3 is 2.55 bits per heavy atom. The summed E-state index contributed by atoms with van der Waals surface area (Å²) in [6.07, 6.45) is 3.46. The van der Waals surface area contributed by atoms with Crippen molar-refractivity contribution in [3.05, 3.63) is 72.6 Å². The lowest BCUT2D eigenvalue weighted by Crippen LogP contribution is -2.53. The normalized spacial score (nSPS) is 20.6. The van der Waals surface area contributed by atoms with Crippen LogP contribution in [0.5, 0.6) is 0 Å². The lowest BCUT2D eigenvalue weighted by molar-refractivity contribution is -0.138. The van der Waals surface area contributed by atoms with Crippen molar-refractivity contribution in [1.29, 1.82) is 0 Å². The van der Waals surface area contributed by atoms with Crippen molar-refractivity contribution in [2.24, 2.45) is 5.92 Å². The third-order valence-electron chi connectivity index (χ3n) is 7.22. The van der Waals surface area contributed by atoms with E-state index < -0.39 is 28.1 Å². The van der Waals surface area contributed by atoms with Crippen LogP contribution in [-0.4, -0.2) is 71.4 Å². The van der Waals surface area contributed by atoms with Crippen LogP contribution >= 0.6 is 0 Å². The summed E-state index contributed by atoms with van der Waals surface area (Å²) in [7, 11) is -3.94. The van der Waals surface area contributed by atoms with E-state index in [0.717, 1.165) is 10.8 Å². The van der Waals surface area contributed by atoms with E-state index in [4.69, 9.17) is 0 Å². The molecule has 2 saturated heterocycles. The Labute approximate surface area is 221 Å². The van der Waals surface area contributed by atoms with Crippen LogP contribution in [-0.2, 0) is 19.6 Å². The number of fused-ring (bicyclic) bond motifs is 2. The van der Waals surface area contributed by atoms with Crippen LogP contribution in [0.1, 0.15) is 37.0 Å². The van der Waals surface area contributed by atoms with E-state index in [9.17, 15) is 22.8 Å². The van der Waals surface area contributed by atoms with Gasteiger partial charge in [-0.3, -0.25) is 19.4 Å². The number of amides is 2. The monoisotopic (exact) mass is 534 g/mol. The van der Waals surface area contributed by atoms with Crippen molar-refractivity contribution >= 4 is 38.4 Å². The highest BCUT2D eigenvalue weighted by Gasteiger charge is 2.54. The van der Waals surface area contributed by atoms with E-state index >= 15 is 0 Å². The van der Waals surface area contributed by atoms with E-state index in [1.807, 2.05) is 44.2 Å². The molecule has 10 heteroatoms. The molecule has 2 aliphatic heterocycles. The van der Waals surface area contributed by atoms with Crippen molar-refractivity contribution in [3.63, 3.8) is 0 Å². The van der Waals surface area contributed by atoms with Gasteiger partial charge in [-0.15, -0.1) is 0 Å². The Morgan fingerprint density at radius 2 is 1.84 bits per heavy atom. The Hall–Kier alpha value is -3.63. The number of pyridine rings is 1. The number of nitrogens with one attached hydrogen (secondary N) is 1. The number of carbonyl (C=O) groups excluding carboxylic acids is 3. The Bertz CT molecular complexity index is 1490. The molecule has 9 nitrogen and oxygen atoms in total. The summed E-state index contributed by atoms with van der Waals surface area (Å²) in [5, 5.41) is 4.81. The first-order valence-electron chi connectivity index (χ1n) is 12.7.